The average Bonchev–Trinajstić information content (AvgIpc) is 3.89. The van der Waals surface area contributed by atoms with Crippen LogP contribution < -0.4 is 5.32 Å². The summed E-state index contributed by atoms with van der Waals surface area (Å²) in [5.74, 6) is -0.387. The minimum atomic E-state index is -1.52. The Balaban J connectivity index is 1.24. The van der Waals surface area contributed by atoms with E-state index in [4.69, 9.17) is 9.40 Å². The van der Waals surface area contributed by atoms with Crippen LogP contribution in [0.15, 0.2) is 65.1 Å². The van der Waals surface area contributed by atoms with Crippen LogP contribution in [0.1, 0.15) is 91.5 Å². The predicted octanol–water partition coefficient (Wildman–Crippen LogP) is 7.27. The summed E-state index contributed by atoms with van der Waals surface area (Å²) in [7, 11) is 0. The van der Waals surface area contributed by atoms with E-state index < -0.39 is 12.0 Å². The zero-order valence-electron chi connectivity index (χ0n) is 24.9. The molecular weight excluding hydrogens is 608 g/mol. The van der Waals surface area contributed by atoms with E-state index in [1.54, 1.807) is 13.0 Å². The second kappa shape index (κ2) is 11.2. The van der Waals surface area contributed by atoms with Crippen LogP contribution in [0.5, 0.6) is 0 Å². The maximum absolute atomic E-state index is 15.9. The highest BCUT2D eigenvalue weighted by Gasteiger charge is 2.45. The highest BCUT2D eigenvalue weighted by atomic mass is 32.1. The van der Waals surface area contributed by atoms with Crippen molar-refractivity contribution in [3.63, 3.8) is 0 Å². The molecule has 1 saturated heterocycles. The standard InChI is InChI=1S/C35H29F2N5O3S/c1-18-40-41-34(45-18)29-25(17-23(37)20-8-11-21(36)12-9-20)38-32-26-7-4-16-42(26)35(44)31(32)30(29)27-14-15-28(46-27)33(43)39-24-13-10-19-5-2-3-6-22(19)24/h2-3,5-6,8-9,11-12,14-15,23-24,26H,4,7,10,13,16-17H2,1H3,(H,39,43)/t23-,24+,26+/m1/s1. The monoisotopic (exact) mass is 637 g/mol. The molecule has 1 aliphatic carbocycles. The summed E-state index contributed by atoms with van der Waals surface area (Å²) >= 11 is 1.26. The molecule has 0 unspecified atom stereocenters. The van der Waals surface area contributed by atoms with Gasteiger partial charge in [-0.25, -0.2) is 8.78 Å². The molecule has 2 aromatic carbocycles. The lowest BCUT2D eigenvalue weighted by atomic mass is 9.92. The first-order chi connectivity index (χ1) is 22.4. The lowest BCUT2D eigenvalue weighted by Gasteiger charge is -2.17. The summed E-state index contributed by atoms with van der Waals surface area (Å²) in [4.78, 5) is 35.4. The quantitative estimate of drug-likeness (QED) is 0.202. The number of carbonyl (C=O) groups is 2. The molecule has 0 radical (unpaired) electrons. The van der Waals surface area contributed by atoms with Gasteiger partial charge in [0.15, 0.2) is 0 Å². The molecule has 2 aliphatic heterocycles. The van der Waals surface area contributed by atoms with Crippen LogP contribution in [0.25, 0.3) is 21.9 Å². The lowest BCUT2D eigenvalue weighted by Crippen LogP contribution is -2.26. The number of aromatic nitrogens is 3. The molecule has 3 atom stereocenters. The molecule has 11 heteroatoms. The number of halogens is 2. The number of alkyl halides is 1. The Morgan fingerprint density at radius 2 is 1.89 bits per heavy atom. The van der Waals surface area contributed by atoms with Gasteiger partial charge < -0.3 is 14.6 Å². The van der Waals surface area contributed by atoms with Gasteiger partial charge in [0.1, 0.15) is 12.0 Å². The number of hydrogen-bond donors (Lipinski definition) is 1. The molecule has 8 rings (SSSR count). The van der Waals surface area contributed by atoms with Gasteiger partial charge >= 0.3 is 0 Å². The van der Waals surface area contributed by atoms with Crippen molar-refractivity contribution in [2.45, 2.75) is 57.3 Å². The number of rotatable bonds is 7. The van der Waals surface area contributed by atoms with Gasteiger partial charge in [-0.2, -0.15) is 0 Å². The largest absolute Gasteiger partial charge is 0.421 e. The van der Waals surface area contributed by atoms with Crippen molar-refractivity contribution in [1.82, 2.24) is 25.4 Å². The minimum absolute atomic E-state index is 0.0790. The lowest BCUT2D eigenvalue weighted by molar-refractivity contribution is 0.0776. The van der Waals surface area contributed by atoms with Crippen molar-refractivity contribution in [1.29, 1.82) is 0 Å². The molecule has 232 valence electrons. The van der Waals surface area contributed by atoms with E-state index in [0.717, 1.165) is 31.2 Å². The summed E-state index contributed by atoms with van der Waals surface area (Å²) in [5.41, 5.74) is 4.95. The van der Waals surface area contributed by atoms with E-state index in [1.807, 2.05) is 23.1 Å². The van der Waals surface area contributed by atoms with Crippen LogP contribution in [0.3, 0.4) is 0 Å². The van der Waals surface area contributed by atoms with Gasteiger partial charge in [0.25, 0.3) is 11.8 Å². The third-order valence-corrected chi connectivity index (χ3v) is 10.3. The second-order valence-electron chi connectivity index (χ2n) is 12.0. The second-order valence-corrected chi connectivity index (χ2v) is 13.1. The number of benzene rings is 2. The van der Waals surface area contributed by atoms with Crippen molar-refractivity contribution in [2.24, 2.45) is 0 Å². The van der Waals surface area contributed by atoms with Gasteiger partial charge in [-0.15, -0.1) is 21.5 Å². The van der Waals surface area contributed by atoms with Gasteiger partial charge in [0.2, 0.25) is 11.8 Å². The Labute approximate surface area is 267 Å². The van der Waals surface area contributed by atoms with E-state index in [0.29, 0.717) is 55.8 Å². The number of thiophene rings is 1. The molecule has 3 aromatic heterocycles. The highest BCUT2D eigenvalue weighted by molar-refractivity contribution is 7.17. The van der Waals surface area contributed by atoms with Crippen molar-refractivity contribution in [3.05, 3.63) is 111 Å². The Kier molecular flexibility index (Phi) is 7.01. The molecule has 5 heterocycles. The van der Waals surface area contributed by atoms with Crippen LogP contribution in [0.4, 0.5) is 8.78 Å². The molecule has 46 heavy (non-hydrogen) atoms. The van der Waals surface area contributed by atoms with Crippen LogP contribution >= 0.6 is 11.3 Å². The Hall–Kier alpha value is -4.77. The molecule has 5 aromatic rings. The van der Waals surface area contributed by atoms with Crippen LogP contribution in [0.2, 0.25) is 0 Å². The van der Waals surface area contributed by atoms with Crippen LogP contribution in [-0.4, -0.2) is 38.4 Å². The number of fused-ring (bicyclic) bond motifs is 4. The number of nitrogens with zero attached hydrogens (tertiary/aromatic N) is 4. The maximum atomic E-state index is 15.9. The first kappa shape index (κ1) is 28.7. The number of carbonyl (C=O) groups excluding carboxylic acids is 2. The van der Waals surface area contributed by atoms with Crippen molar-refractivity contribution < 1.29 is 22.8 Å². The Bertz CT molecular complexity index is 2010. The number of hydrogen-bond acceptors (Lipinski definition) is 7. The molecule has 3 aliphatic rings. The number of amides is 2. The van der Waals surface area contributed by atoms with Crippen molar-refractivity contribution >= 4 is 23.2 Å². The molecule has 0 bridgehead atoms. The van der Waals surface area contributed by atoms with Gasteiger partial charge in [0.05, 0.1) is 39.5 Å². The Morgan fingerprint density at radius 3 is 2.70 bits per heavy atom. The maximum Gasteiger partial charge on any atom is 0.261 e. The molecule has 8 nitrogen and oxygen atoms in total. The summed E-state index contributed by atoms with van der Waals surface area (Å²) < 4.78 is 35.5. The highest BCUT2D eigenvalue weighted by Crippen LogP contribution is 2.49. The smallest absolute Gasteiger partial charge is 0.261 e. The molecular formula is C35H29F2N5O3S. The Morgan fingerprint density at radius 1 is 1.07 bits per heavy atom. The van der Waals surface area contributed by atoms with Crippen molar-refractivity contribution in [2.75, 3.05) is 6.54 Å². The SMILES string of the molecule is Cc1nnc(-c2c(C[C@@H](F)c3ccc(F)cc3)nc3c(c2-c2ccc(C(=O)N[C@H]4CCc5ccccc54)s2)C(=O)N2CCC[C@@H]32)o1. The summed E-state index contributed by atoms with van der Waals surface area (Å²) in [6.07, 6.45) is 1.66. The van der Waals surface area contributed by atoms with Gasteiger partial charge in [-0.05, 0) is 66.6 Å². The number of nitrogens with one attached hydrogen (secondary N) is 1. The third kappa shape index (κ3) is 4.81. The predicted molar refractivity (Wildman–Crippen MR) is 168 cm³/mol. The molecule has 0 spiro atoms. The number of aryl methyl sites for hydroxylation is 2. The molecule has 2 amide bonds. The fourth-order valence-corrected chi connectivity index (χ4v) is 8.03. The molecule has 1 N–H and O–H groups in total. The van der Waals surface area contributed by atoms with E-state index in [2.05, 4.69) is 27.6 Å². The van der Waals surface area contributed by atoms with E-state index in [1.165, 1.54) is 41.2 Å². The average molecular weight is 638 g/mol. The van der Waals surface area contributed by atoms with E-state index >= 15 is 4.39 Å². The summed E-state index contributed by atoms with van der Waals surface area (Å²) in [5, 5.41) is 11.5. The fraction of sp³-hybridized carbons (Fsp3) is 0.286. The van der Waals surface area contributed by atoms with Gasteiger partial charge in [-0.3, -0.25) is 14.6 Å². The van der Waals surface area contributed by atoms with Crippen LogP contribution in [-0.2, 0) is 12.8 Å². The van der Waals surface area contributed by atoms with Crippen molar-refractivity contribution in [3.8, 4) is 21.9 Å². The minimum Gasteiger partial charge on any atom is -0.421 e. The fourth-order valence-electron chi connectivity index (χ4n) is 7.06. The zero-order valence-corrected chi connectivity index (χ0v) is 25.7. The molecule has 0 saturated carbocycles. The summed E-state index contributed by atoms with van der Waals surface area (Å²) in [6, 6.07) is 16.7. The third-order valence-electron chi connectivity index (χ3n) is 9.20. The first-order valence-corrected chi connectivity index (χ1v) is 16.2. The zero-order chi connectivity index (χ0) is 31.5. The topological polar surface area (TPSA) is 101 Å². The van der Waals surface area contributed by atoms with Gasteiger partial charge in [-0.1, -0.05) is 36.4 Å². The van der Waals surface area contributed by atoms with Crippen LogP contribution in [0, 0.1) is 12.7 Å². The first-order valence-electron chi connectivity index (χ1n) is 15.4. The van der Waals surface area contributed by atoms with Gasteiger partial charge in [0, 0.05) is 30.3 Å². The number of pyridine rings is 1. The molecule has 1 fully saturated rings. The van der Waals surface area contributed by atoms with E-state index in [9.17, 15) is 14.0 Å². The summed E-state index contributed by atoms with van der Waals surface area (Å²) in [6.45, 7) is 2.26. The van der Waals surface area contributed by atoms with E-state index in [-0.39, 0.29) is 36.2 Å². The normalized spacial score (nSPS) is 18.8.